The Morgan fingerprint density at radius 1 is 1.15 bits per heavy atom. The van der Waals surface area contributed by atoms with Crippen molar-refractivity contribution in [3.8, 4) is 0 Å². The van der Waals surface area contributed by atoms with E-state index in [1.54, 1.807) is 18.2 Å². The first-order valence-electron chi connectivity index (χ1n) is 8.64. The van der Waals surface area contributed by atoms with Crippen molar-refractivity contribution in [1.29, 1.82) is 0 Å². The third-order valence-corrected chi connectivity index (χ3v) is 4.36. The van der Waals surface area contributed by atoms with Crippen LogP contribution < -0.4 is 4.90 Å². The second-order valence-electron chi connectivity index (χ2n) is 5.95. The van der Waals surface area contributed by atoms with Gasteiger partial charge in [-0.3, -0.25) is 10.1 Å². The zero-order valence-corrected chi connectivity index (χ0v) is 15.1. The lowest BCUT2D eigenvalue weighted by molar-refractivity contribution is -0.384. The topological polar surface area (TPSA) is 85.0 Å². The summed E-state index contributed by atoms with van der Waals surface area (Å²) in [6.07, 6.45) is 1.68. The smallest absolute Gasteiger partial charge is 0.368 e. The zero-order chi connectivity index (χ0) is 19.4. The van der Waals surface area contributed by atoms with Crippen LogP contribution in [0.25, 0.3) is 6.08 Å². The van der Waals surface area contributed by atoms with Crippen molar-refractivity contribution < 1.29 is 14.6 Å². The Morgan fingerprint density at radius 3 is 2.48 bits per heavy atom. The molecule has 1 heterocycles. The molecule has 1 aliphatic rings. The van der Waals surface area contributed by atoms with Crippen LogP contribution in [0.1, 0.15) is 25.0 Å². The summed E-state index contributed by atoms with van der Waals surface area (Å²) in [5, 5.41) is 14.8. The maximum atomic E-state index is 12.1. The number of nitro benzene ring substituents is 1. The van der Waals surface area contributed by atoms with Crippen LogP contribution in [0.5, 0.6) is 0 Å². The molecule has 7 heteroatoms. The number of hydrogen-bond donors (Lipinski definition) is 0. The van der Waals surface area contributed by atoms with Gasteiger partial charge in [0.15, 0.2) is 0 Å². The number of hydrogen-bond acceptors (Lipinski definition) is 6. The summed E-state index contributed by atoms with van der Waals surface area (Å²) < 4.78 is 0. The van der Waals surface area contributed by atoms with E-state index in [0.29, 0.717) is 5.56 Å². The molecule has 3 rings (SSSR count). The summed E-state index contributed by atoms with van der Waals surface area (Å²) in [5.74, 6) is -0.579. The summed E-state index contributed by atoms with van der Waals surface area (Å²) in [7, 11) is 0. The summed E-state index contributed by atoms with van der Waals surface area (Å²) >= 11 is 0. The van der Waals surface area contributed by atoms with Crippen molar-refractivity contribution in [2.24, 2.45) is 5.16 Å². The van der Waals surface area contributed by atoms with Crippen molar-refractivity contribution in [3.05, 3.63) is 75.3 Å². The van der Waals surface area contributed by atoms with Crippen LogP contribution in [0.2, 0.25) is 0 Å². The average molecular weight is 365 g/mol. The van der Waals surface area contributed by atoms with E-state index < -0.39 is 10.9 Å². The molecule has 0 amide bonds. The lowest BCUT2D eigenvalue weighted by Crippen LogP contribution is -2.21. The Balaban J connectivity index is 1.92. The first-order chi connectivity index (χ1) is 13.0. The van der Waals surface area contributed by atoms with Crippen molar-refractivity contribution in [2.75, 3.05) is 18.0 Å². The Kier molecular flexibility index (Phi) is 5.30. The van der Waals surface area contributed by atoms with Gasteiger partial charge in [-0.2, -0.15) is 0 Å². The highest BCUT2D eigenvalue weighted by Crippen LogP contribution is 2.24. The zero-order valence-electron chi connectivity index (χ0n) is 15.1. The van der Waals surface area contributed by atoms with Gasteiger partial charge in [-0.1, -0.05) is 29.4 Å². The monoisotopic (exact) mass is 365 g/mol. The molecular weight excluding hydrogens is 346 g/mol. The number of nitrogens with zero attached hydrogens (tertiary/aromatic N) is 3. The molecule has 0 N–H and O–H groups in total. The molecule has 138 valence electrons. The average Bonchev–Trinajstić information content (AvgIpc) is 3.04. The van der Waals surface area contributed by atoms with E-state index in [2.05, 4.69) is 23.9 Å². The molecular formula is C20H19N3O4. The van der Waals surface area contributed by atoms with E-state index >= 15 is 0 Å². The largest absolute Gasteiger partial charge is 0.372 e. The van der Waals surface area contributed by atoms with Gasteiger partial charge in [0, 0.05) is 36.5 Å². The van der Waals surface area contributed by atoms with E-state index in [0.717, 1.165) is 24.3 Å². The molecule has 0 bridgehead atoms. The Morgan fingerprint density at radius 2 is 1.85 bits per heavy atom. The van der Waals surface area contributed by atoms with Crippen LogP contribution in [-0.4, -0.2) is 29.7 Å². The predicted molar refractivity (Wildman–Crippen MR) is 104 cm³/mol. The van der Waals surface area contributed by atoms with Crippen LogP contribution in [0.15, 0.2) is 59.3 Å². The van der Waals surface area contributed by atoms with Gasteiger partial charge in [0.2, 0.25) is 0 Å². The fourth-order valence-electron chi connectivity index (χ4n) is 2.92. The third-order valence-electron chi connectivity index (χ3n) is 4.36. The molecule has 0 spiro atoms. The summed E-state index contributed by atoms with van der Waals surface area (Å²) in [6, 6.07) is 13.8. The minimum atomic E-state index is -0.579. The maximum Gasteiger partial charge on any atom is 0.368 e. The number of benzene rings is 2. The minimum absolute atomic E-state index is 0.0718. The van der Waals surface area contributed by atoms with Crippen LogP contribution in [-0.2, 0) is 9.63 Å². The molecule has 0 radical (unpaired) electrons. The molecule has 1 aliphatic heterocycles. The van der Waals surface area contributed by atoms with Gasteiger partial charge in [0.1, 0.15) is 5.71 Å². The van der Waals surface area contributed by atoms with E-state index in [1.807, 2.05) is 24.3 Å². The second-order valence-corrected chi connectivity index (χ2v) is 5.95. The summed E-state index contributed by atoms with van der Waals surface area (Å²) in [4.78, 5) is 29.6. The van der Waals surface area contributed by atoms with Crippen molar-refractivity contribution in [2.45, 2.75) is 13.8 Å². The fourth-order valence-corrected chi connectivity index (χ4v) is 2.92. The van der Waals surface area contributed by atoms with E-state index in [9.17, 15) is 14.9 Å². The van der Waals surface area contributed by atoms with Gasteiger partial charge in [-0.05, 0) is 37.6 Å². The Hall–Kier alpha value is -3.48. The summed E-state index contributed by atoms with van der Waals surface area (Å²) in [6.45, 7) is 6.01. The van der Waals surface area contributed by atoms with Crippen LogP contribution >= 0.6 is 0 Å². The number of non-ortho nitro benzene ring substituents is 1. The molecule has 27 heavy (non-hydrogen) atoms. The second kappa shape index (κ2) is 7.82. The molecule has 2 aromatic carbocycles. The normalized spacial score (nSPS) is 14.8. The van der Waals surface area contributed by atoms with Gasteiger partial charge < -0.3 is 9.74 Å². The number of oxime groups is 1. The van der Waals surface area contributed by atoms with E-state index in [-0.39, 0.29) is 17.0 Å². The number of rotatable bonds is 6. The van der Waals surface area contributed by atoms with E-state index in [1.165, 1.54) is 12.1 Å². The molecule has 0 saturated carbocycles. The molecule has 2 aromatic rings. The SMILES string of the molecule is CCN(CC)c1ccc(/C=C2\C(=O)ON=C2c2cccc([N+](=O)[O-])c2)cc1. The number of carbonyl (C=O) groups excluding carboxylic acids is 1. The molecule has 0 aliphatic carbocycles. The Labute approximate surface area is 156 Å². The van der Waals surface area contributed by atoms with Crippen LogP contribution in [0.3, 0.4) is 0 Å². The van der Waals surface area contributed by atoms with Gasteiger partial charge in [0.25, 0.3) is 5.69 Å². The predicted octanol–water partition coefficient (Wildman–Crippen LogP) is 3.79. The molecule has 0 atom stereocenters. The fraction of sp³-hybridized carbons (Fsp3) is 0.200. The van der Waals surface area contributed by atoms with Gasteiger partial charge in [-0.25, -0.2) is 4.79 Å². The molecule has 0 fully saturated rings. The van der Waals surface area contributed by atoms with E-state index in [4.69, 9.17) is 4.84 Å². The highest BCUT2D eigenvalue weighted by Gasteiger charge is 2.27. The molecule has 0 saturated heterocycles. The number of nitro groups is 1. The van der Waals surface area contributed by atoms with Crippen molar-refractivity contribution in [1.82, 2.24) is 0 Å². The van der Waals surface area contributed by atoms with Gasteiger partial charge in [-0.15, -0.1) is 0 Å². The van der Waals surface area contributed by atoms with Gasteiger partial charge >= 0.3 is 5.97 Å². The first kappa shape index (κ1) is 18.3. The minimum Gasteiger partial charge on any atom is -0.372 e. The molecule has 0 unspecified atom stereocenters. The quantitative estimate of drug-likeness (QED) is 0.336. The number of carbonyl (C=O) groups is 1. The maximum absolute atomic E-state index is 12.1. The lowest BCUT2D eigenvalue weighted by atomic mass is 10.00. The van der Waals surface area contributed by atoms with Crippen molar-refractivity contribution in [3.63, 3.8) is 0 Å². The highest BCUT2D eigenvalue weighted by atomic mass is 16.7. The van der Waals surface area contributed by atoms with Crippen LogP contribution in [0.4, 0.5) is 11.4 Å². The molecule has 0 aromatic heterocycles. The lowest BCUT2D eigenvalue weighted by Gasteiger charge is -2.20. The third kappa shape index (κ3) is 3.87. The van der Waals surface area contributed by atoms with Crippen LogP contribution in [0, 0.1) is 10.1 Å². The Bertz CT molecular complexity index is 928. The molecule has 7 nitrogen and oxygen atoms in total. The summed E-state index contributed by atoms with van der Waals surface area (Å²) in [5.41, 5.74) is 2.86. The van der Waals surface area contributed by atoms with Gasteiger partial charge in [0.05, 0.1) is 10.5 Å². The first-order valence-corrected chi connectivity index (χ1v) is 8.64. The van der Waals surface area contributed by atoms with Crippen molar-refractivity contribution >= 4 is 29.1 Å². The standard InChI is InChI=1S/C20H19N3O4/c1-3-22(4-2)16-10-8-14(9-11-16)12-18-19(21-27-20(18)24)15-6-5-7-17(13-15)23(25)26/h5-13H,3-4H2,1-2H3/b18-12-. The number of anilines is 1. The highest BCUT2D eigenvalue weighted by molar-refractivity contribution is 6.31.